The van der Waals surface area contributed by atoms with Crippen molar-refractivity contribution in [3.8, 4) is 5.75 Å². The standard InChI is InChI=1S/C22H26ClNO4/c1-22(2,3)17-6-10-19(11-7-17)27-15-21(26)28-14-20(25)24-13-12-16-4-8-18(23)9-5-16/h4-11H,12-15H2,1-3H3,(H,24,25). The summed E-state index contributed by atoms with van der Waals surface area (Å²) in [5, 5.41) is 3.38. The molecule has 0 saturated heterocycles. The van der Waals surface area contributed by atoms with Gasteiger partial charge in [0, 0.05) is 11.6 Å². The SMILES string of the molecule is CC(C)(C)c1ccc(OCC(=O)OCC(=O)NCCc2ccc(Cl)cc2)cc1. The number of ether oxygens (including phenoxy) is 2. The first-order valence-electron chi connectivity index (χ1n) is 9.14. The predicted molar refractivity (Wildman–Crippen MR) is 110 cm³/mol. The van der Waals surface area contributed by atoms with Crippen molar-refractivity contribution < 1.29 is 19.1 Å². The van der Waals surface area contributed by atoms with Gasteiger partial charge in [-0.05, 0) is 47.2 Å². The van der Waals surface area contributed by atoms with Crippen molar-refractivity contribution in [2.45, 2.75) is 32.6 Å². The highest BCUT2D eigenvalue weighted by molar-refractivity contribution is 6.30. The minimum absolute atomic E-state index is 0.0539. The Morgan fingerprint density at radius 1 is 0.964 bits per heavy atom. The molecule has 150 valence electrons. The molecule has 5 nitrogen and oxygen atoms in total. The highest BCUT2D eigenvalue weighted by Crippen LogP contribution is 2.24. The van der Waals surface area contributed by atoms with Gasteiger partial charge in [0.05, 0.1) is 0 Å². The van der Waals surface area contributed by atoms with E-state index < -0.39 is 5.97 Å². The zero-order valence-corrected chi connectivity index (χ0v) is 17.2. The number of carbonyl (C=O) groups excluding carboxylic acids is 2. The van der Waals surface area contributed by atoms with Crippen LogP contribution < -0.4 is 10.1 Å². The van der Waals surface area contributed by atoms with Gasteiger partial charge in [-0.3, -0.25) is 4.79 Å². The third-order valence-electron chi connectivity index (χ3n) is 4.09. The molecule has 0 aliphatic heterocycles. The smallest absolute Gasteiger partial charge is 0.344 e. The maximum atomic E-state index is 11.7. The molecule has 0 heterocycles. The number of hydrogen-bond acceptors (Lipinski definition) is 4. The first-order chi connectivity index (χ1) is 13.2. The molecule has 0 spiro atoms. The summed E-state index contributed by atoms with van der Waals surface area (Å²) in [4.78, 5) is 23.5. The molecule has 0 fully saturated rings. The fraction of sp³-hybridized carbons (Fsp3) is 0.364. The molecule has 0 unspecified atom stereocenters. The van der Waals surface area contributed by atoms with E-state index in [1.165, 1.54) is 5.56 Å². The fourth-order valence-corrected chi connectivity index (χ4v) is 2.56. The average molecular weight is 404 g/mol. The van der Waals surface area contributed by atoms with Gasteiger partial charge in [0.1, 0.15) is 5.75 Å². The molecule has 1 amide bonds. The fourth-order valence-electron chi connectivity index (χ4n) is 2.43. The van der Waals surface area contributed by atoms with Crippen molar-refractivity contribution in [1.82, 2.24) is 5.32 Å². The maximum absolute atomic E-state index is 11.7. The Balaban J connectivity index is 1.63. The maximum Gasteiger partial charge on any atom is 0.344 e. The number of benzene rings is 2. The van der Waals surface area contributed by atoms with Gasteiger partial charge < -0.3 is 14.8 Å². The molecule has 28 heavy (non-hydrogen) atoms. The van der Waals surface area contributed by atoms with Crippen LogP contribution in [0.2, 0.25) is 5.02 Å². The Morgan fingerprint density at radius 2 is 1.61 bits per heavy atom. The number of nitrogens with one attached hydrogen (secondary N) is 1. The van der Waals surface area contributed by atoms with Gasteiger partial charge in [0.2, 0.25) is 0 Å². The van der Waals surface area contributed by atoms with E-state index in [-0.39, 0.29) is 24.5 Å². The molecule has 0 aromatic heterocycles. The van der Waals surface area contributed by atoms with E-state index in [4.69, 9.17) is 21.1 Å². The van der Waals surface area contributed by atoms with Crippen LogP contribution in [0.25, 0.3) is 0 Å². The third kappa shape index (κ3) is 7.61. The van der Waals surface area contributed by atoms with Crippen LogP contribution in [0.5, 0.6) is 5.75 Å². The van der Waals surface area contributed by atoms with Crippen LogP contribution in [0.15, 0.2) is 48.5 Å². The quantitative estimate of drug-likeness (QED) is 0.678. The topological polar surface area (TPSA) is 64.6 Å². The van der Waals surface area contributed by atoms with Gasteiger partial charge in [-0.15, -0.1) is 0 Å². The molecule has 1 N–H and O–H groups in total. The van der Waals surface area contributed by atoms with Crippen molar-refractivity contribution in [2.24, 2.45) is 0 Å². The van der Waals surface area contributed by atoms with Crippen LogP contribution in [0, 0.1) is 0 Å². The first-order valence-corrected chi connectivity index (χ1v) is 9.52. The highest BCUT2D eigenvalue weighted by atomic mass is 35.5. The molecular formula is C22H26ClNO4. The Kier molecular flexibility index (Phi) is 7.88. The summed E-state index contributed by atoms with van der Waals surface area (Å²) in [6, 6.07) is 15.0. The van der Waals surface area contributed by atoms with Crippen molar-refractivity contribution in [1.29, 1.82) is 0 Å². The normalized spacial score (nSPS) is 11.0. The van der Waals surface area contributed by atoms with Crippen molar-refractivity contribution in [3.63, 3.8) is 0 Å². The van der Waals surface area contributed by atoms with Gasteiger partial charge in [0.15, 0.2) is 13.2 Å². The van der Waals surface area contributed by atoms with Gasteiger partial charge in [-0.25, -0.2) is 4.79 Å². The van der Waals surface area contributed by atoms with Crippen molar-refractivity contribution in [3.05, 3.63) is 64.7 Å². The van der Waals surface area contributed by atoms with E-state index >= 15 is 0 Å². The minimum atomic E-state index is -0.590. The van der Waals surface area contributed by atoms with Crippen LogP contribution in [-0.2, 0) is 26.2 Å². The van der Waals surface area contributed by atoms with Crippen LogP contribution in [0.1, 0.15) is 31.9 Å². The number of amides is 1. The molecule has 2 aromatic carbocycles. The van der Waals surface area contributed by atoms with E-state index in [1.54, 1.807) is 12.1 Å². The van der Waals surface area contributed by atoms with E-state index in [0.717, 1.165) is 5.56 Å². The van der Waals surface area contributed by atoms with Crippen LogP contribution in [0.3, 0.4) is 0 Å². The Labute approximate surface area is 171 Å². The zero-order valence-electron chi connectivity index (χ0n) is 16.5. The summed E-state index contributed by atoms with van der Waals surface area (Å²) >= 11 is 5.83. The van der Waals surface area contributed by atoms with E-state index in [2.05, 4.69) is 26.1 Å². The monoisotopic (exact) mass is 403 g/mol. The lowest BCUT2D eigenvalue weighted by Gasteiger charge is -2.19. The van der Waals surface area contributed by atoms with Gasteiger partial charge >= 0.3 is 5.97 Å². The number of esters is 1. The molecule has 0 atom stereocenters. The molecule has 0 aliphatic rings. The number of carbonyl (C=O) groups is 2. The second-order valence-electron chi connectivity index (χ2n) is 7.45. The van der Waals surface area contributed by atoms with Gasteiger partial charge in [-0.2, -0.15) is 0 Å². The largest absolute Gasteiger partial charge is 0.482 e. The zero-order chi connectivity index (χ0) is 20.6. The molecule has 0 saturated carbocycles. The van der Waals surface area contributed by atoms with Crippen molar-refractivity contribution >= 4 is 23.5 Å². The molecule has 0 aliphatic carbocycles. The summed E-state index contributed by atoms with van der Waals surface area (Å²) in [5.41, 5.74) is 2.29. The number of rotatable bonds is 8. The lowest BCUT2D eigenvalue weighted by atomic mass is 9.87. The third-order valence-corrected chi connectivity index (χ3v) is 4.34. The minimum Gasteiger partial charge on any atom is -0.482 e. The molecule has 0 bridgehead atoms. The van der Waals surface area contributed by atoms with Crippen molar-refractivity contribution in [2.75, 3.05) is 19.8 Å². The van der Waals surface area contributed by atoms with Crippen LogP contribution in [-0.4, -0.2) is 31.6 Å². The predicted octanol–water partition coefficient (Wildman–Crippen LogP) is 3.92. The van der Waals surface area contributed by atoms with E-state index in [1.807, 2.05) is 36.4 Å². The molecule has 2 rings (SSSR count). The highest BCUT2D eigenvalue weighted by Gasteiger charge is 2.13. The average Bonchev–Trinajstić information content (AvgIpc) is 2.66. The molecule has 0 radical (unpaired) electrons. The number of hydrogen-bond donors (Lipinski definition) is 1. The van der Waals surface area contributed by atoms with Crippen LogP contribution in [0.4, 0.5) is 0 Å². The first kappa shape index (κ1) is 21.8. The summed E-state index contributed by atoms with van der Waals surface area (Å²) < 4.78 is 10.3. The lowest BCUT2D eigenvalue weighted by molar-refractivity contribution is -0.150. The van der Waals surface area contributed by atoms with E-state index in [9.17, 15) is 9.59 Å². The second-order valence-corrected chi connectivity index (χ2v) is 7.89. The Morgan fingerprint density at radius 3 is 2.21 bits per heavy atom. The number of halogens is 1. The second kappa shape index (κ2) is 10.1. The summed E-state index contributed by atoms with van der Waals surface area (Å²) in [6.07, 6.45) is 0.671. The summed E-state index contributed by atoms with van der Waals surface area (Å²) in [6.45, 7) is 6.26. The van der Waals surface area contributed by atoms with Crippen LogP contribution >= 0.6 is 11.6 Å². The van der Waals surface area contributed by atoms with E-state index in [0.29, 0.717) is 23.7 Å². The van der Waals surface area contributed by atoms with Gasteiger partial charge in [0.25, 0.3) is 5.91 Å². The Hall–Kier alpha value is -2.53. The lowest BCUT2D eigenvalue weighted by Crippen LogP contribution is -2.31. The summed E-state index contributed by atoms with van der Waals surface area (Å²) in [5.74, 6) is -0.359. The van der Waals surface area contributed by atoms with Gasteiger partial charge in [-0.1, -0.05) is 56.6 Å². The molecular weight excluding hydrogens is 378 g/mol. The molecule has 2 aromatic rings. The Bertz CT molecular complexity index is 780. The summed E-state index contributed by atoms with van der Waals surface area (Å²) in [7, 11) is 0. The molecule has 6 heteroatoms.